The average molecular weight is 292 g/mol. The first-order valence-electron chi connectivity index (χ1n) is 8.39. The molecule has 0 saturated carbocycles. The summed E-state index contributed by atoms with van der Waals surface area (Å²) in [4.78, 5) is 2.45. The van der Waals surface area contributed by atoms with E-state index in [0.29, 0.717) is 0 Å². The maximum absolute atomic E-state index is 5.47. The molecule has 0 aromatic heterocycles. The average Bonchev–Trinajstić information content (AvgIpc) is 2.52. The lowest BCUT2D eigenvalue weighted by atomic mass is 10.0. The molecule has 21 heavy (non-hydrogen) atoms. The molecular weight excluding hydrogens is 260 g/mol. The molecule has 0 bridgehead atoms. The molecule has 0 saturated heterocycles. The van der Waals surface area contributed by atoms with Crippen LogP contribution >= 0.6 is 0 Å². The minimum atomic E-state index is 0.803. The predicted molar refractivity (Wildman–Crippen MR) is 90.8 cm³/mol. The van der Waals surface area contributed by atoms with Crippen molar-refractivity contribution in [3.05, 3.63) is 35.4 Å². The van der Waals surface area contributed by atoms with Gasteiger partial charge in [0.05, 0.1) is 6.61 Å². The molecule has 0 spiro atoms. The Kier molecular flexibility index (Phi) is 10.1. The maximum atomic E-state index is 5.47. The minimum absolute atomic E-state index is 0.803. The molecule has 0 atom stereocenters. The molecular formula is C18H32N2O. The summed E-state index contributed by atoms with van der Waals surface area (Å²) in [6.45, 7) is 13.4. The van der Waals surface area contributed by atoms with Crippen molar-refractivity contribution in [3.63, 3.8) is 0 Å². The number of hydrogen-bond acceptors (Lipinski definition) is 3. The van der Waals surface area contributed by atoms with Gasteiger partial charge in [0.2, 0.25) is 0 Å². The van der Waals surface area contributed by atoms with Crippen LogP contribution in [0.3, 0.4) is 0 Å². The van der Waals surface area contributed by atoms with E-state index in [1.807, 2.05) is 0 Å². The molecule has 3 nitrogen and oxygen atoms in total. The molecule has 1 aromatic carbocycles. The van der Waals surface area contributed by atoms with E-state index in [0.717, 1.165) is 52.4 Å². The number of nitrogens with zero attached hydrogens (tertiary/aromatic N) is 1. The summed E-state index contributed by atoms with van der Waals surface area (Å²) in [7, 11) is 0. The lowest BCUT2D eigenvalue weighted by Crippen LogP contribution is -2.28. The Labute approximate surface area is 130 Å². The first kappa shape index (κ1) is 18.1. The van der Waals surface area contributed by atoms with E-state index in [1.54, 1.807) is 0 Å². The van der Waals surface area contributed by atoms with E-state index in [1.165, 1.54) is 17.5 Å². The Balaban J connectivity index is 2.51. The largest absolute Gasteiger partial charge is 0.380 e. The highest BCUT2D eigenvalue weighted by molar-refractivity contribution is 5.27. The summed E-state index contributed by atoms with van der Waals surface area (Å²) >= 11 is 0. The van der Waals surface area contributed by atoms with Gasteiger partial charge in [-0.1, -0.05) is 38.1 Å². The molecule has 3 heteroatoms. The highest BCUT2D eigenvalue weighted by Gasteiger charge is 2.07. The fourth-order valence-corrected chi connectivity index (χ4v) is 2.41. The molecule has 0 aliphatic rings. The van der Waals surface area contributed by atoms with E-state index in [2.05, 4.69) is 55.3 Å². The third-order valence-corrected chi connectivity index (χ3v) is 3.71. The molecule has 0 aliphatic carbocycles. The molecule has 120 valence electrons. The fraction of sp³-hybridized carbons (Fsp3) is 0.667. The van der Waals surface area contributed by atoms with Crippen LogP contribution in [0.15, 0.2) is 24.3 Å². The van der Waals surface area contributed by atoms with Crippen LogP contribution in [-0.4, -0.2) is 44.3 Å². The molecule has 0 unspecified atom stereocenters. The van der Waals surface area contributed by atoms with Gasteiger partial charge in [0, 0.05) is 19.7 Å². The van der Waals surface area contributed by atoms with Gasteiger partial charge in [-0.25, -0.2) is 0 Å². The van der Waals surface area contributed by atoms with Crippen LogP contribution in [0.4, 0.5) is 0 Å². The Hall–Kier alpha value is -0.900. The molecule has 0 radical (unpaired) electrons. The van der Waals surface area contributed by atoms with Crippen LogP contribution in [-0.2, 0) is 17.7 Å². The smallest absolute Gasteiger partial charge is 0.0593 e. The summed E-state index contributed by atoms with van der Waals surface area (Å²) in [5.74, 6) is 0. The molecule has 0 aliphatic heterocycles. The Bertz CT molecular complexity index is 368. The number of likely N-dealkylation sites (N-methyl/N-ethyl adjacent to an activating group) is 1. The summed E-state index contributed by atoms with van der Waals surface area (Å²) in [5.41, 5.74) is 2.92. The molecule has 1 N–H and O–H groups in total. The molecule has 0 fully saturated rings. The van der Waals surface area contributed by atoms with Crippen molar-refractivity contribution < 1.29 is 4.74 Å². The molecule has 0 heterocycles. The van der Waals surface area contributed by atoms with Gasteiger partial charge in [-0.15, -0.1) is 0 Å². The number of rotatable bonds is 12. The van der Waals surface area contributed by atoms with Crippen molar-refractivity contribution in [3.8, 4) is 0 Å². The van der Waals surface area contributed by atoms with Crippen molar-refractivity contribution in [2.24, 2.45) is 0 Å². The third kappa shape index (κ3) is 7.60. The van der Waals surface area contributed by atoms with Crippen molar-refractivity contribution in [1.29, 1.82) is 0 Å². The molecule has 1 aromatic rings. The van der Waals surface area contributed by atoms with Crippen LogP contribution in [0.5, 0.6) is 0 Å². The molecule has 1 rings (SSSR count). The second-order valence-electron chi connectivity index (χ2n) is 5.33. The van der Waals surface area contributed by atoms with Gasteiger partial charge in [0.25, 0.3) is 0 Å². The number of benzene rings is 1. The van der Waals surface area contributed by atoms with E-state index in [-0.39, 0.29) is 0 Å². The van der Waals surface area contributed by atoms with Gasteiger partial charge in [-0.2, -0.15) is 0 Å². The Morgan fingerprint density at radius 3 is 2.48 bits per heavy atom. The number of hydrogen-bond donors (Lipinski definition) is 1. The number of nitrogens with one attached hydrogen (secondary N) is 1. The third-order valence-electron chi connectivity index (χ3n) is 3.71. The zero-order chi connectivity index (χ0) is 15.3. The lowest BCUT2D eigenvalue weighted by Gasteiger charge is -2.22. The standard InChI is InChI=1S/C18H32N2O/c1-4-12-19-13-11-17-9-7-8-10-18(17)16-20(5-2)14-15-21-6-3/h7-10,19H,4-6,11-16H2,1-3H3. The van der Waals surface area contributed by atoms with E-state index >= 15 is 0 Å². The van der Waals surface area contributed by atoms with Crippen LogP contribution in [0.1, 0.15) is 38.3 Å². The van der Waals surface area contributed by atoms with Crippen LogP contribution in [0, 0.1) is 0 Å². The SMILES string of the molecule is CCCNCCc1ccccc1CN(CC)CCOCC. The summed E-state index contributed by atoms with van der Waals surface area (Å²) < 4.78 is 5.47. The Morgan fingerprint density at radius 2 is 1.81 bits per heavy atom. The van der Waals surface area contributed by atoms with Crippen molar-refractivity contribution in [2.45, 2.75) is 40.2 Å². The van der Waals surface area contributed by atoms with E-state index in [9.17, 15) is 0 Å². The topological polar surface area (TPSA) is 24.5 Å². The van der Waals surface area contributed by atoms with Crippen LogP contribution in [0.25, 0.3) is 0 Å². The predicted octanol–water partition coefficient (Wildman–Crippen LogP) is 3.09. The van der Waals surface area contributed by atoms with Crippen molar-refractivity contribution in [2.75, 3.05) is 39.4 Å². The van der Waals surface area contributed by atoms with Crippen molar-refractivity contribution >= 4 is 0 Å². The summed E-state index contributed by atoms with van der Waals surface area (Å²) in [5, 5.41) is 3.49. The van der Waals surface area contributed by atoms with Gasteiger partial charge in [-0.05, 0) is 50.5 Å². The first-order chi connectivity index (χ1) is 10.3. The summed E-state index contributed by atoms with van der Waals surface area (Å²) in [6.07, 6.45) is 2.31. The minimum Gasteiger partial charge on any atom is -0.380 e. The van der Waals surface area contributed by atoms with Gasteiger partial charge in [0.15, 0.2) is 0 Å². The van der Waals surface area contributed by atoms with Crippen LogP contribution < -0.4 is 5.32 Å². The van der Waals surface area contributed by atoms with E-state index in [4.69, 9.17) is 4.74 Å². The van der Waals surface area contributed by atoms with Crippen molar-refractivity contribution in [1.82, 2.24) is 10.2 Å². The second-order valence-corrected chi connectivity index (χ2v) is 5.33. The maximum Gasteiger partial charge on any atom is 0.0593 e. The quantitative estimate of drug-likeness (QED) is 0.599. The zero-order valence-corrected chi connectivity index (χ0v) is 14.0. The van der Waals surface area contributed by atoms with Crippen LogP contribution in [0.2, 0.25) is 0 Å². The first-order valence-corrected chi connectivity index (χ1v) is 8.39. The van der Waals surface area contributed by atoms with Gasteiger partial charge in [-0.3, -0.25) is 4.90 Å². The van der Waals surface area contributed by atoms with E-state index < -0.39 is 0 Å². The van der Waals surface area contributed by atoms with Gasteiger partial charge >= 0.3 is 0 Å². The monoisotopic (exact) mass is 292 g/mol. The molecule has 0 amide bonds. The summed E-state index contributed by atoms with van der Waals surface area (Å²) in [6, 6.07) is 8.82. The second kappa shape index (κ2) is 11.7. The highest BCUT2D eigenvalue weighted by atomic mass is 16.5. The number of ether oxygens (including phenoxy) is 1. The zero-order valence-electron chi connectivity index (χ0n) is 14.0. The van der Waals surface area contributed by atoms with Gasteiger partial charge < -0.3 is 10.1 Å². The highest BCUT2D eigenvalue weighted by Crippen LogP contribution is 2.12. The van der Waals surface area contributed by atoms with Gasteiger partial charge in [0.1, 0.15) is 0 Å². The normalized spacial score (nSPS) is 11.2. The fourth-order valence-electron chi connectivity index (χ4n) is 2.41. The Morgan fingerprint density at radius 1 is 1.05 bits per heavy atom. The lowest BCUT2D eigenvalue weighted by molar-refractivity contribution is 0.113.